The van der Waals surface area contributed by atoms with Crippen molar-refractivity contribution in [3.63, 3.8) is 0 Å². The summed E-state index contributed by atoms with van der Waals surface area (Å²) in [4.78, 5) is 25.0. The molecule has 0 radical (unpaired) electrons. The molecule has 0 saturated heterocycles. The van der Waals surface area contributed by atoms with E-state index >= 15 is 0 Å². The van der Waals surface area contributed by atoms with E-state index in [-0.39, 0.29) is 11.8 Å². The molecule has 19 heavy (non-hydrogen) atoms. The van der Waals surface area contributed by atoms with Crippen molar-refractivity contribution in [1.82, 2.24) is 4.90 Å². The lowest BCUT2D eigenvalue weighted by molar-refractivity contribution is -0.131. The summed E-state index contributed by atoms with van der Waals surface area (Å²) >= 11 is 3.46. The first-order valence-electron chi connectivity index (χ1n) is 6.44. The molecule has 0 unspecified atom stereocenters. The molecule has 1 N–H and O–H groups in total. The molecule has 1 aromatic carbocycles. The molecule has 1 aromatic rings. The van der Waals surface area contributed by atoms with Gasteiger partial charge in [0.05, 0.1) is 5.69 Å². The van der Waals surface area contributed by atoms with Crippen LogP contribution in [0.3, 0.4) is 0 Å². The smallest absolute Gasteiger partial charge is 0.224 e. The third-order valence-corrected chi connectivity index (χ3v) is 3.92. The zero-order valence-electron chi connectivity index (χ0n) is 11.1. The van der Waals surface area contributed by atoms with Crippen LogP contribution in [0, 0.1) is 0 Å². The van der Waals surface area contributed by atoms with Crippen molar-refractivity contribution in [3.05, 3.63) is 27.7 Å². The number of anilines is 1. The van der Waals surface area contributed by atoms with Crippen molar-refractivity contribution in [2.45, 2.75) is 39.8 Å². The van der Waals surface area contributed by atoms with Crippen molar-refractivity contribution in [2.24, 2.45) is 0 Å². The van der Waals surface area contributed by atoms with Gasteiger partial charge in [0.15, 0.2) is 0 Å². The standard InChI is InChI=1S/C14H17BrN2O2/c1-3-13(18)16-12-6-10-8-17(14(19)4-2)7-9(10)5-11(12)15/h5-6H,3-4,7-8H2,1-2H3,(H,16,18). The maximum Gasteiger partial charge on any atom is 0.224 e. The van der Waals surface area contributed by atoms with E-state index < -0.39 is 0 Å². The topological polar surface area (TPSA) is 49.4 Å². The summed E-state index contributed by atoms with van der Waals surface area (Å²) in [7, 11) is 0. The highest BCUT2D eigenvalue weighted by Gasteiger charge is 2.23. The molecule has 2 rings (SSSR count). The Morgan fingerprint density at radius 1 is 1.21 bits per heavy atom. The van der Waals surface area contributed by atoms with Gasteiger partial charge < -0.3 is 10.2 Å². The fraction of sp³-hybridized carbons (Fsp3) is 0.429. The van der Waals surface area contributed by atoms with Gasteiger partial charge in [-0.25, -0.2) is 0 Å². The highest BCUT2D eigenvalue weighted by Crippen LogP contribution is 2.32. The normalized spacial score (nSPS) is 13.3. The number of halogens is 1. The first-order valence-corrected chi connectivity index (χ1v) is 7.23. The second kappa shape index (κ2) is 5.74. The Kier molecular flexibility index (Phi) is 4.24. The van der Waals surface area contributed by atoms with E-state index in [2.05, 4.69) is 21.2 Å². The Bertz CT molecular complexity index is 528. The van der Waals surface area contributed by atoms with Gasteiger partial charge in [-0.2, -0.15) is 0 Å². The van der Waals surface area contributed by atoms with E-state index in [1.165, 1.54) is 0 Å². The molecule has 1 aliphatic rings. The summed E-state index contributed by atoms with van der Waals surface area (Å²) in [5, 5.41) is 2.86. The first kappa shape index (κ1) is 14.1. The number of carbonyl (C=O) groups excluding carboxylic acids is 2. The van der Waals surface area contributed by atoms with Crippen LogP contribution >= 0.6 is 15.9 Å². The summed E-state index contributed by atoms with van der Waals surface area (Å²) in [5.41, 5.74) is 3.02. The lowest BCUT2D eigenvalue weighted by Crippen LogP contribution is -2.23. The Labute approximate surface area is 121 Å². The van der Waals surface area contributed by atoms with Gasteiger partial charge in [0.25, 0.3) is 0 Å². The van der Waals surface area contributed by atoms with Crippen LogP contribution in [-0.2, 0) is 22.7 Å². The van der Waals surface area contributed by atoms with E-state index in [4.69, 9.17) is 0 Å². The van der Waals surface area contributed by atoms with E-state index in [1.54, 1.807) is 0 Å². The van der Waals surface area contributed by atoms with Crippen molar-refractivity contribution < 1.29 is 9.59 Å². The fourth-order valence-corrected chi connectivity index (χ4v) is 2.65. The molecule has 5 heteroatoms. The van der Waals surface area contributed by atoms with Gasteiger partial charge in [0.1, 0.15) is 0 Å². The molecular formula is C14H17BrN2O2. The molecule has 1 aliphatic heterocycles. The molecule has 0 aromatic heterocycles. The van der Waals surface area contributed by atoms with Crippen LogP contribution < -0.4 is 5.32 Å². The van der Waals surface area contributed by atoms with E-state index in [0.717, 1.165) is 21.3 Å². The predicted octanol–water partition coefficient (Wildman–Crippen LogP) is 3.05. The molecular weight excluding hydrogens is 308 g/mol. The second-order valence-electron chi connectivity index (χ2n) is 4.61. The number of carbonyl (C=O) groups is 2. The number of nitrogens with zero attached hydrogens (tertiary/aromatic N) is 1. The summed E-state index contributed by atoms with van der Waals surface area (Å²) in [5.74, 6) is 0.145. The minimum Gasteiger partial charge on any atom is -0.334 e. The highest BCUT2D eigenvalue weighted by molar-refractivity contribution is 9.10. The average molecular weight is 325 g/mol. The lowest BCUT2D eigenvalue weighted by atomic mass is 10.1. The minimum absolute atomic E-state index is 0.0138. The van der Waals surface area contributed by atoms with E-state index in [1.807, 2.05) is 30.9 Å². The minimum atomic E-state index is -0.0138. The number of amides is 2. The molecule has 102 valence electrons. The van der Waals surface area contributed by atoms with Gasteiger partial charge in [-0.3, -0.25) is 9.59 Å². The van der Waals surface area contributed by atoms with Crippen molar-refractivity contribution >= 4 is 33.4 Å². The maximum absolute atomic E-state index is 11.7. The Hall–Kier alpha value is -1.36. The average Bonchev–Trinajstić information content (AvgIpc) is 2.80. The molecule has 0 aliphatic carbocycles. The summed E-state index contributed by atoms with van der Waals surface area (Å²) < 4.78 is 0.860. The molecule has 0 spiro atoms. The van der Waals surface area contributed by atoms with Gasteiger partial charge in [-0.1, -0.05) is 13.8 Å². The molecule has 0 fully saturated rings. The van der Waals surface area contributed by atoms with Crippen LogP contribution in [0.25, 0.3) is 0 Å². The number of nitrogens with one attached hydrogen (secondary N) is 1. The van der Waals surface area contributed by atoms with Gasteiger partial charge in [0, 0.05) is 30.4 Å². The Morgan fingerprint density at radius 3 is 2.42 bits per heavy atom. The zero-order chi connectivity index (χ0) is 14.0. The second-order valence-corrected chi connectivity index (χ2v) is 5.46. The van der Waals surface area contributed by atoms with Gasteiger partial charge in [0.2, 0.25) is 11.8 Å². The molecule has 0 saturated carbocycles. The summed E-state index contributed by atoms with van der Waals surface area (Å²) in [6, 6.07) is 3.94. The number of benzene rings is 1. The molecule has 2 amide bonds. The van der Waals surface area contributed by atoms with Crippen LogP contribution in [0.15, 0.2) is 16.6 Å². The SMILES string of the molecule is CCC(=O)Nc1cc2c(cc1Br)CN(C(=O)CC)C2. The van der Waals surface area contributed by atoms with Gasteiger partial charge in [-0.15, -0.1) is 0 Å². The van der Waals surface area contributed by atoms with E-state index in [0.29, 0.717) is 25.9 Å². The number of hydrogen-bond donors (Lipinski definition) is 1. The number of fused-ring (bicyclic) bond motifs is 1. The molecule has 0 atom stereocenters. The number of rotatable bonds is 3. The maximum atomic E-state index is 11.7. The number of hydrogen-bond acceptors (Lipinski definition) is 2. The molecule has 1 heterocycles. The summed E-state index contributed by atoms with van der Waals surface area (Å²) in [6.45, 7) is 4.97. The van der Waals surface area contributed by atoms with Gasteiger partial charge in [-0.05, 0) is 39.2 Å². The fourth-order valence-electron chi connectivity index (χ4n) is 2.16. The summed E-state index contributed by atoms with van der Waals surface area (Å²) in [6.07, 6.45) is 0.971. The van der Waals surface area contributed by atoms with Crippen LogP contribution in [0.2, 0.25) is 0 Å². The van der Waals surface area contributed by atoms with Crippen LogP contribution in [0.1, 0.15) is 37.8 Å². The third-order valence-electron chi connectivity index (χ3n) is 3.26. The Balaban J connectivity index is 2.22. The molecule has 0 bridgehead atoms. The van der Waals surface area contributed by atoms with Crippen molar-refractivity contribution in [1.29, 1.82) is 0 Å². The van der Waals surface area contributed by atoms with E-state index in [9.17, 15) is 9.59 Å². The quantitative estimate of drug-likeness (QED) is 0.929. The van der Waals surface area contributed by atoms with Crippen LogP contribution in [-0.4, -0.2) is 16.7 Å². The first-order chi connectivity index (χ1) is 9.05. The lowest BCUT2D eigenvalue weighted by Gasteiger charge is -2.13. The third kappa shape index (κ3) is 2.97. The zero-order valence-corrected chi connectivity index (χ0v) is 12.7. The monoisotopic (exact) mass is 324 g/mol. The largest absolute Gasteiger partial charge is 0.334 e. The van der Waals surface area contributed by atoms with Crippen molar-refractivity contribution in [3.8, 4) is 0 Å². The van der Waals surface area contributed by atoms with Crippen LogP contribution in [0.4, 0.5) is 5.69 Å². The highest BCUT2D eigenvalue weighted by atomic mass is 79.9. The predicted molar refractivity (Wildman–Crippen MR) is 77.6 cm³/mol. The van der Waals surface area contributed by atoms with Gasteiger partial charge >= 0.3 is 0 Å². The molecule has 4 nitrogen and oxygen atoms in total. The van der Waals surface area contributed by atoms with Crippen LogP contribution in [0.5, 0.6) is 0 Å². The Morgan fingerprint density at radius 2 is 1.84 bits per heavy atom. The van der Waals surface area contributed by atoms with Crippen molar-refractivity contribution in [2.75, 3.05) is 5.32 Å².